The Bertz CT molecular complexity index is 557. The Labute approximate surface area is 114 Å². The van der Waals surface area contributed by atoms with Crippen LogP contribution >= 0.6 is 27.3 Å². The number of rotatable bonds is 3. The molecule has 0 radical (unpaired) electrons. The first-order chi connectivity index (χ1) is 8.06. The van der Waals surface area contributed by atoms with Crippen molar-refractivity contribution in [1.29, 1.82) is 0 Å². The fourth-order valence-electron chi connectivity index (χ4n) is 1.76. The topological polar surface area (TPSA) is 17.1 Å². The van der Waals surface area contributed by atoms with Crippen molar-refractivity contribution < 1.29 is 4.79 Å². The third-order valence-corrected chi connectivity index (χ3v) is 4.49. The van der Waals surface area contributed by atoms with Gasteiger partial charge in [-0.1, -0.05) is 29.8 Å². The van der Waals surface area contributed by atoms with Crippen LogP contribution in [0, 0.1) is 13.8 Å². The number of Topliss-reactive ketones (excluding diaryl/α,β-unsaturated/α-hetero) is 1. The number of carbonyl (C=O) groups is 1. The van der Waals surface area contributed by atoms with E-state index < -0.39 is 0 Å². The summed E-state index contributed by atoms with van der Waals surface area (Å²) in [5.74, 6) is 0.181. The molecule has 2 rings (SSSR count). The van der Waals surface area contributed by atoms with E-state index in [2.05, 4.69) is 22.0 Å². The standard InChI is InChI=1S/C14H13BrOS/c1-9-4-3-5-11(6-9)8-13(16)14-12(15)7-10(2)17-14/h3-7H,8H2,1-2H3. The van der Waals surface area contributed by atoms with Gasteiger partial charge in [-0.2, -0.15) is 0 Å². The van der Waals surface area contributed by atoms with Gasteiger partial charge in [0, 0.05) is 15.8 Å². The lowest BCUT2D eigenvalue weighted by Crippen LogP contribution is -2.01. The number of ketones is 1. The smallest absolute Gasteiger partial charge is 0.178 e. The van der Waals surface area contributed by atoms with Crippen LogP contribution < -0.4 is 0 Å². The van der Waals surface area contributed by atoms with Crippen LogP contribution in [0.15, 0.2) is 34.8 Å². The number of hydrogen-bond donors (Lipinski definition) is 0. The lowest BCUT2D eigenvalue weighted by molar-refractivity contribution is 0.0996. The van der Waals surface area contributed by atoms with Gasteiger partial charge in [0.2, 0.25) is 0 Å². The summed E-state index contributed by atoms with van der Waals surface area (Å²) in [6.45, 7) is 4.05. The van der Waals surface area contributed by atoms with E-state index in [1.165, 1.54) is 5.56 Å². The van der Waals surface area contributed by atoms with Gasteiger partial charge in [-0.05, 0) is 41.4 Å². The minimum Gasteiger partial charge on any atom is -0.293 e. The highest BCUT2D eigenvalue weighted by atomic mass is 79.9. The molecule has 88 valence electrons. The highest BCUT2D eigenvalue weighted by molar-refractivity contribution is 9.10. The van der Waals surface area contributed by atoms with Gasteiger partial charge in [0.25, 0.3) is 0 Å². The van der Waals surface area contributed by atoms with E-state index in [-0.39, 0.29) is 5.78 Å². The van der Waals surface area contributed by atoms with E-state index in [4.69, 9.17) is 0 Å². The molecule has 0 atom stereocenters. The van der Waals surface area contributed by atoms with Crippen molar-refractivity contribution in [2.45, 2.75) is 20.3 Å². The first-order valence-electron chi connectivity index (χ1n) is 5.41. The van der Waals surface area contributed by atoms with Crippen LogP contribution in [0.2, 0.25) is 0 Å². The predicted molar refractivity (Wildman–Crippen MR) is 76.0 cm³/mol. The van der Waals surface area contributed by atoms with Crippen molar-refractivity contribution in [2.24, 2.45) is 0 Å². The van der Waals surface area contributed by atoms with Crippen molar-refractivity contribution in [3.8, 4) is 0 Å². The largest absolute Gasteiger partial charge is 0.293 e. The van der Waals surface area contributed by atoms with E-state index in [9.17, 15) is 4.79 Å². The third kappa shape index (κ3) is 3.05. The first kappa shape index (κ1) is 12.5. The molecule has 1 nitrogen and oxygen atoms in total. The van der Waals surface area contributed by atoms with Gasteiger partial charge >= 0.3 is 0 Å². The van der Waals surface area contributed by atoms with Crippen LogP contribution in [0.1, 0.15) is 25.7 Å². The van der Waals surface area contributed by atoms with Crippen molar-refractivity contribution in [3.63, 3.8) is 0 Å². The summed E-state index contributed by atoms with van der Waals surface area (Å²) in [6.07, 6.45) is 0.472. The van der Waals surface area contributed by atoms with Crippen molar-refractivity contribution in [1.82, 2.24) is 0 Å². The SMILES string of the molecule is Cc1cccc(CC(=O)c2sc(C)cc2Br)c1. The second-order valence-electron chi connectivity index (χ2n) is 4.12. The Morgan fingerprint density at radius 2 is 2.06 bits per heavy atom. The Morgan fingerprint density at radius 3 is 2.65 bits per heavy atom. The summed E-state index contributed by atoms with van der Waals surface area (Å²) in [5.41, 5.74) is 2.27. The van der Waals surface area contributed by atoms with Gasteiger partial charge in [-0.15, -0.1) is 11.3 Å². The number of aryl methyl sites for hydroxylation is 2. The molecule has 0 aliphatic rings. The summed E-state index contributed by atoms with van der Waals surface area (Å²) in [7, 11) is 0. The quantitative estimate of drug-likeness (QED) is 0.760. The molecular formula is C14H13BrOS. The van der Waals surface area contributed by atoms with Gasteiger partial charge < -0.3 is 0 Å². The van der Waals surface area contributed by atoms with E-state index in [0.717, 1.165) is 19.8 Å². The molecule has 0 amide bonds. The average Bonchev–Trinajstić information content (AvgIpc) is 2.58. The number of benzene rings is 1. The summed E-state index contributed by atoms with van der Waals surface area (Å²) < 4.78 is 0.914. The average molecular weight is 309 g/mol. The van der Waals surface area contributed by atoms with Crippen molar-refractivity contribution in [2.75, 3.05) is 0 Å². The highest BCUT2D eigenvalue weighted by Gasteiger charge is 2.13. The second-order valence-corrected chi connectivity index (χ2v) is 6.23. The molecule has 1 aromatic carbocycles. The lowest BCUT2D eigenvalue weighted by atomic mass is 10.1. The second kappa shape index (κ2) is 5.15. The number of hydrogen-bond acceptors (Lipinski definition) is 2. The fraction of sp³-hybridized carbons (Fsp3) is 0.214. The van der Waals surface area contributed by atoms with E-state index in [1.807, 2.05) is 38.1 Å². The van der Waals surface area contributed by atoms with Gasteiger partial charge in [0.15, 0.2) is 5.78 Å². The third-order valence-electron chi connectivity index (χ3n) is 2.51. The van der Waals surface area contributed by atoms with E-state index in [1.54, 1.807) is 11.3 Å². The summed E-state index contributed by atoms with van der Waals surface area (Å²) in [5, 5.41) is 0. The molecule has 0 unspecified atom stereocenters. The summed E-state index contributed by atoms with van der Waals surface area (Å²) in [6, 6.07) is 10.1. The van der Waals surface area contributed by atoms with Gasteiger partial charge in [-0.3, -0.25) is 4.79 Å². The number of thiophene rings is 1. The highest BCUT2D eigenvalue weighted by Crippen LogP contribution is 2.28. The zero-order valence-electron chi connectivity index (χ0n) is 9.79. The van der Waals surface area contributed by atoms with Gasteiger partial charge in [0.05, 0.1) is 4.88 Å². The molecular weight excluding hydrogens is 296 g/mol. The normalized spacial score (nSPS) is 10.5. The van der Waals surface area contributed by atoms with Crippen LogP contribution in [0.3, 0.4) is 0 Å². The summed E-state index contributed by atoms with van der Waals surface area (Å²) >= 11 is 4.98. The molecule has 1 aromatic heterocycles. The maximum absolute atomic E-state index is 12.1. The molecule has 17 heavy (non-hydrogen) atoms. The first-order valence-corrected chi connectivity index (χ1v) is 7.02. The molecule has 1 heterocycles. The van der Waals surface area contributed by atoms with Crippen LogP contribution in [0.5, 0.6) is 0 Å². The Kier molecular flexibility index (Phi) is 3.79. The monoisotopic (exact) mass is 308 g/mol. The Morgan fingerprint density at radius 1 is 1.29 bits per heavy atom. The molecule has 0 fully saturated rings. The van der Waals surface area contributed by atoms with Crippen LogP contribution in [0.4, 0.5) is 0 Å². The van der Waals surface area contributed by atoms with Crippen molar-refractivity contribution >= 4 is 33.0 Å². The zero-order chi connectivity index (χ0) is 12.4. The van der Waals surface area contributed by atoms with Crippen LogP contribution in [-0.2, 0) is 6.42 Å². The molecule has 2 aromatic rings. The van der Waals surface area contributed by atoms with Crippen LogP contribution in [-0.4, -0.2) is 5.78 Å². The Hall–Kier alpha value is -0.930. The predicted octanol–water partition coefficient (Wildman–Crippen LogP) is 4.55. The van der Waals surface area contributed by atoms with Crippen LogP contribution in [0.25, 0.3) is 0 Å². The number of halogens is 1. The minimum atomic E-state index is 0.181. The molecule has 0 N–H and O–H groups in total. The van der Waals surface area contributed by atoms with Gasteiger partial charge in [-0.25, -0.2) is 0 Å². The van der Waals surface area contributed by atoms with E-state index in [0.29, 0.717) is 6.42 Å². The number of carbonyl (C=O) groups excluding carboxylic acids is 1. The molecule has 0 bridgehead atoms. The maximum atomic E-state index is 12.1. The zero-order valence-corrected chi connectivity index (χ0v) is 12.2. The lowest BCUT2D eigenvalue weighted by Gasteiger charge is -2.01. The molecule has 0 saturated heterocycles. The molecule has 0 aliphatic heterocycles. The fourth-order valence-corrected chi connectivity index (χ4v) is 3.56. The summed E-state index contributed by atoms with van der Waals surface area (Å²) in [4.78, 5) is 14.1. The molecule has 0 aliphatic carbocycles. The van der Waals surface area contributed by atoms with E-state index >= 15 is 0 Å². The minimum absolute atomic E-state index is 0.181. The van der Waals surface area contributed by atoms with Crippen molar-refractivity contribution in [3.05, 3.63) is 55.7 Å². The molecule has 0 spiro atoms. The Balaban J connectivity index is 2.20. The molecule has 3 heteroatoms. The molecule has 0 saturated carbocycles. The van der Waals surface area contributed by atoms with Gasteiger partial charge in [0.1, 0.15) is 0 Å². The maximum Gasteiger partial charge on any atom is 0.178 e.